The number of aromatic nitrogens is 1. The van der Waals surface area contributed by atoms with Crippen LogP contribution in [0.3, 0.4) is 0 Å². The van der Waals surface area contributed by atoms with Crippen molar-refractivity contribution in [2.24, 2.45) is 0 Å². The van der Waals surface area contributed by atoms with Crippen molar-refractivity contribution in [2.75, 3.05) is 5.73 Å². The Hall–Kier alpha value is -1.59. The van der Waals surface area contributed by atoms with Gasteiger partial charge < -0.3 is 10.8 Å². The zero-order chi connectivity index (χ0) is 10.8. The number of hydrogen-bond acceptors (Lipinski definition) is 4. The van der Waals surface area contributed by atoms with E-state index in [1.54, 1.807) is 12.3 Å². The summed E-state index contributed by atoms with van der Waals surface area (Å²) < 4.78 is 0. The summed E-state index contributed by atoms with van der Waals surface area (Å²) in [5.74, 6) is -0.965. The van der Waals surface area contributed by atoms with E-state index in [1.165, 1.54) is 23.5 Å². The molecule has 0 aliphatic heterocycles. The van der Waals surface area contributed by atoms with E-state index in [0.29, 0.717) is 11.3 Å². The van der Waals surface area contributed by atoms with Gasteiger partial charge in [-0.3, -0.25) is 0 Å². The van der Waals surface area contributed by atoms with E-state index >= 15 is 0 Å². The van der Waals surface area contributed by atoms with Crippen LogP contribution in [0.15, 0.2) is 29.8 Å². The molecule has 0 spiro atoms. The molecule has 0 saturated heterocycles. The smallest absolute Gasteiger partial charge is 0.335 e. The van der Waals surface area contributed by atoms with Gasteiger partial charge in [0.15, 0.2) is 0 Å². The summed E-state index contributed by atoms with van der Waals surface area (Å²) in [5.41, 5.74) is 7.18. The van der Waals surface area contributed by atoms with Gasteiger partial charge in [-0.2, -0.15) is 0 Å². The molecule has 6 heteroatoms. The van der Waals surface area contributed by atoms with Crippen LogP contribution in [0.25, 0.3) is 10.6 Å². The molecule has 84 valence electrons. The molecule has 1 heterocycles. The lowest BCUT2D eigenvalue weighted by Crippen LogP contribution is -1.98. The van der Waals surface area contributed by atoms with Gasteiger partial charge in [0, 0.05) is 22.8 Å². The molecule has 2 aromatic rings. The highest BCUT2D eigenvalue weighted by Gasteiger charge is 2.09. The van der Waals surface area contributed by atoms with E-state index in [2.05, 4.69) is 4.98 Å². The molecule has 1 aromatic heterocycles. The number of hydrogen-bond donors (Lipinski definition) is 2. The first-order valence-electron chi connectivity index (χ1n) is 4.21. The molecule has 1 aromatic carbocycles. The Bertz CT molecular complexity index is 500. The predicted octanol–water partition coefficient (Wildman–Crippen LogP) is 2.51. The number of rotatable bonds is 2. The molecule has 0 bridgehead atoms. The quantitative estimate of drug-likeness (QED) is 0.810. The molecule has 0 saturated carbocycles. The number of carbonyl (C=O) groups is 1. The highest BCUT2D eigenvalue weighted by atomic mass is 35.5. The van der Waals surface area contributed by atoms with Gasteiger partial charge in [0.05, 0.1) is 5.56 Å². The highest BCUT2D eigenvalue weighted by Crippen LogP contribution is 2.28. The minimum absolute atomic E-state index is 0. The number of benzene rings is 1. The molecule has 0 radical (unpaired) electrons. The normalized spacial score (nSPS) is 9.50. The summed E-state index contributed by atoms with van der Waals surface area (Å²) in [4.78, 5) is 14.9. The molecule has 3 N–H and O–H groups in total. The van der Waals surface area contributed by atoms with Gasteiger partial charge in [-0.05, 0) is 18.2 Å². The number of carboxylic acids is 1. The van der Waals surface area contributed by atoms with Crippen molar-refractivity contribution in [3.63, 3.8) is 0 Å². The van der Waals surface area contributed by atoms with Crippen molar-refractivity contribution in [3.8, 4) is 10.6 Å². The number of thiazole rings is 1. The van der Waals surface area contributed by atoms with Gasteiger partial charge in [-0.25, -0.2) is 9.78 Å². The summed E-state index contributed by atoms with van der Waals surface area (Å²) in [7, 11) is 0. The second-order valence-electron chi connectivity index (χ2n) is 2.94. The zero-order valence-corrected chi connectivity index (χ0v) is 9.72. The van der Waals surface area contributed by atoms with Crippen molar-refractivity contribution in [1.82, 2.24) is 4.98 Å². The maximum Gasteiger partial charge on any atom is 0.335 e. The minimum atomic E-state index is -0.965. The maximum atomic E-state index is 10.8. The average Bonchev–Trinajstić information content (AvgIpc) is 2.71. The Kier molecular flexibility index (Phi) is 3.87. The van der Waals surface area contributed by atoms with Crippen LogP contribution < -0.4 is 5.73 Å². The second kappa shape index (κ2) is 4.96. The Morgan fingerprint density at radius 2 is 2.19 bits per heavy atom. The lowest BCUT2D eigenvalue weighted by Gasteiger charge is -2.03. The third-order valence-electron chi connectivity index (χ3n) is 1.96. The third-order valence-corrected chi connectivity index (χ3v) is 2.77. The summed E-state index contributed by atoms with van der Waals surface area (Å²) in [5, 5.41) is 11.4. The number of anilines is 1. The highest BCUT2D eigenvalue weighted by molar-refractivity contribution is 7.13. The maximum absolute atomic E-state index is 10.8. The van der Waals surface area contributed by atoms with Crippen molar-refractivity contribution in [2.45, 2.75) is 0 Å². The van der Waals surface area contributed by atoms with E-state index in [1.807, 2.05) is 5.38 Å². The fraction of sp³-hybridized carbons (Fsp3) is 0. The Morgan fingerprint density at radius 3 is 2.75 bits per heavy atom. The molecule has 0 aliphatic carbocycles. The van der Waals surface area contributed by atoms with Crippen LogP contribution in [0.1, 0.15) is 10.4 Å². The van der Waals surface area contributed by atoms with Gasteiger partial charge in [0.25, 0.3) is 0 Å². The Labute approximate surface area is 102 Å². The Morgan fingerprint density at radius 1 is 1.44 bits per heavy atom. The van der Waals surface area contributed by atoms with Crippen LogP contribution in [-0.4, -0.2) is 16.1 Å². The summed E-state index contributed by atoms with van der Waals surface area (Å²) in [6, 6.07) is 4.60. The monoisotopic (exact) mass is 256 g/mol. The molecule has 0 aliphatic rings. The van der Waals surface area contributed by atoms with Crippen LogP contribution in [0.2, 0.25) is 0 Å². The lowest BCUT2D eigenvalue weighted by atomic mass is 10.1. The molecule has 0 fully saturated rings. The SMILES string of the molecule is Cl.Nc1ccc(C(=O)O)cc1-c1nccs1. The van der Waals surface area contributed by atoms with Crippen molar-refractivity contribution in [3.05, 3.63) is 35.3 Å². The molecular weight excluding hydrogens is 248 g/mol. The number of halogens is 1. The molecular formula is C10H9ClN2O2S. The molecule has 2 rings (SSSR count). The van der Waals surface area contributed by atoms with E-state index in [9.17, 15) is 4.79 Å². The van der Waals surface area contributed by atoms with Gasteiger partial charge in [0.1, 0.15) is 5.01 Å². The van der Waals surface area contributed by atoms with Crippen LogP contribution in [0.4, 0.5) is 5.69 Å². The first kappa shape index (κ1) is 12.5. The molecule has 0 amide bonds. The molecule has 16 heavy (non-hydrogen) atoms. The summed E-state index contributed by atoms with van der Waals surface area (Å²) >= 11 is 1.43. The van der Waals surface area contributed by atoms with Gasteiger partial charge in [-0.1, -0.05) is 0 Å². The first-order chi connectivity index (χ1) is 7.18. The van der Waals surface area contributed by atoms with E-state index in [4.69, 9.17) is 10.8 Å². The Balaban J connectivity index is 0.00000128. The zero-order valence-electron chi connectivity index (χ0n) is 8.08. The predicted molar refractivity (Wildman–Crippen MR) is 66.2 cm³/mol. The van der Waals surface area contributed by atoms with Crippen LogP contribution in [0, 0.1) is 0 Å². The second-order valence-corrected chi connectivity index (χ2v) is 3.84. The summed E-state index contributed by atoms with van der Waals surface area (Å²) in [6.07, 6.45) is 1.66. The molecule has 4 nitrogen and oxygen atoms in total. The number of nitrogens with two attached hydrogens (primary N) is 1. The number of nitrogens with zero attached hydrogens (tertiary/aromatic N) is 1. The number of aromatic carboxylic acids is 1. The topological polar surface area (TPSA) is 76.2 Å². The van der Waals surface area contributed by atoms with Crippen LogP contribution in [-0.2, 0) is 0 Å². The fourth-order valence-corrected chi connectivity index (χ4v) is 1.91. The molecule has 0 unspecified atom stereocenters. The van der Waals surface area contributed by atoms with Gasteiger partial charge >= 0.3 is 5.97 Å². The first-order valence-corrected chi connectivity index (χ1v) is 5.09. The summed E-state index contributed by atoms with van der Waals surface area (Å²) in [6.45, 7) is 0. The average molecular weight is 257 g/mol. The van der Waals surface area contributed by atoms with Crippen LogP contribution in [0.5, 0.6) is 0 Å². The van der Waals surface area contributed by atoms with Crippen molar-refractivity contribution < 1.29 is 9.90 Å². The fourth-order valence-electron chi connectivity index (χ4n) is 1.23. The standard InChI is InChI=1S/C10H8N2O2S.ClH/c11-8-2-1-6(10(13)14)5-7(8)9-12-3-4-15-9;/h1-5H,11H2,(H,13,14);1H. The van der Waals surface area contributed by atoms with Crippen molar-refractivity contribution in [1.29, 1.82) is 0 Å². The number of nitrogen functional groups attached to an aromatic ring is 1. The number of carboxylic acid groups (broad SMARTS) is 1. The minimum Gasteiger partial charge on any atom is -0.478 e. The van der Waals surface area contributed by atoms with Gasteiger partial charge in [-0.15, -0.1) is 23.7 Å². The van der Waals surface area contributed by atoms with E-state index < -0.39 is 5.97 Å². The lowest BCUT2D eigenvalue weighted by molar-refractivity contribution is 0.0697. The van der Waals surface area contributed by atoms with E-state index in [-0.39, 0.29) is 18.0 Å². The van der Waals surface area contributed by atoms with Crippen molar-refractivity contribution >= 4 is 35.4 Å². The molecule has 0 atom stereocenters. The van der Waals surface area contributed by atoms with Crippen LogP contribution >= 0.6 is 23.7 Å². The largest absolute Gasteiger partial charge is 0.478 e. The van der Waals surface area contributed by atoms with E-state index in [0.717, 1.165) is 5.01 Å². The third kappa shape index (κ3) is 2.32. The van der Waals surface area contributed by atoms with Gasteiger partial charge in [0.2, 0.25) is 0 Å².